The SMILES string of the molecule is CCCCn1c(-c2ccccc2)nc(C(F)(F)F)c1C(C)N(Cc1ccc2c(c1)OCO2)Cc1ccc2c(c1)OCO2. The molecule has 2 aliphatic heterocycles. The van der Waals surface area contributed by atoms with E-state index in [2.05, 4.69) is 4.98 Å². The van der Waals surface area contributed by atoms with E-state index in [9.17, 15) is 13.2 Å². The van der Waals surface area contributed by atoms with Gasteiger partial charge in [0, 0.05) is 25.2 Å². The third-order valence-electron chi connectivity index (χ3n) is 7.63. The fourth-order valence-corrected chi connectivity index (χ4v) is 5.50. The van der Waals surface area contributed by atoms with Crippen molar-refractivity contribution in [1.29, 1.82) is 0 Å². The minimum absolute atomic E-state index is 0.143. The lowest BCUT2D eigenvalue weighted by Gasteiger charge is -2.31. The molecule has 6 rings (SSSR count). The molecule has 7 nitrogen and oxygen atoms in total. The zero-order chi connectivity index (χ0) is 29.3. The van der Waals surface area contributed by atoms with Crippen molar-refractivity contribution in [3.8, 4) is 34.4 Å². The maximum atomic E-state index is 14.7. The van der Waals surface area contributed by atoms with E-state index in [0.29, 0.717) is 54.0 Å². The molecular weight excluding hydrogens is 547 g/mol. The van der Waals surface area contributed by atoms with Gasteiger partial charge in [0.15, 0.2) is 28.7 Å². The molecule has 2 aliphatic rings. The number of alkyl halides is 3. The number of imidazole rings is 1. The Morgan fingerprint density at radius 1 is 0.833 bits per heavy atom. The molecule has 0 fully saturated rings. The fraction of sp³-hybridized carbons (Fsp3) is 0.344. The van der Waals surface area contributed by atoms with Crippen LogP contribution in [0.25, 0.3) is 11.4 Å². The molecule has 0 N–H and O–H groups in total. The van der Waals surface area contributed by atoms with Crippen molar-refractivity contribution in [3.63, 3.8) is 0 Å². The van der Waals surface area contributed by atoms with Gasteiger partial charge in [-0.2, -0.15) is 13.2 Å². The Morgan fingerprint density at radius 2 is 1.40 bits per heavy atom. The number of nitrogens with zero attached hydrogens (tertiary/aromatic N) is 3. The van der Waals surface area contributed by atoms with Crippen LogP contribution in [0.3, 0.4) is 0 Å². The second-order valence-electron chi connectivity index (χ2n) is 10.5. The van der Waals surface area contributed by atoms with Gasteiger partial charge in [-0.25, -0.2) is 4.98 Å². The molecule has 4 aromatic rings. The zero-order valence-corrected chi connectivity index (χ0v) is 23.5. The average Bonchev–Trinajstić information content (AvgIpc) is 3.73. The van der Waals surface area contributed by atoms with Crippen LogP contribution in [-0.4, -0.2) is 28.0 Å². The Hall–Kier alpha value is -4.18. The smallest absolute Gasteiger partial charge is 0.435 e. The molecule has 0 spiro atoms. The van der Waals surface area contributed by atoms with Gasteiger partial charge in [-0.05, 0) is 48.7 Å². The van der Waals surface area contributed by atoms with Crippen LogP contribution < -0.4 is 18.9 Å². The highest BCUT2D eigenvalue weighted by atomic mass is 19.4. The number of hydrogen-bond donors (Lipinski definition) is 0. The molecule has 220 valence electrons. The summed E-state index contributed by atoms with van der Waals surface area (Å²) in [6.07, 6.45) is -3.08. The predicted molar refractivity (Wildman–Crippen MR) is 150 cm³/mol. The van der Waals surface area contributed by atoms with Crippen molar-refractivity contribution in [2.24, 2.45) is 0 Å². The Kier molecular flexibility index (Phi) is 7.72. The van der Waals surface area contributed by atoms with Crippen LogP contribution in [0.2, 0.25) is 0 Å². The van der Waals surface area contributed by atoms with E-state index in [-0.39, 0.29) is 19.3 Å². The summed E-state index contributed by atoms with van der Waals surface area (Å²) >= 11 is 0. The van der Waals surface area contributed by atoms with Crippen LogP contribution in [-0.2, 0) is 25.8 Å². The van der Waals surface area contributed by atoms with Crippen molar-refractivity contribution < 1.29 is 32.1 Å². The van der Waals surface area contributed by atoms with Gasteiger partial charge >= 0.3 is 6.18 Å². The van der Waals surface area contributed by atoms with Gasteiger partial charge < -0.3 is 23.5 Å². The molecule has 1 aromatic heterocycles. The largest absolute Gasteiger partial charge is 0.454 e. The molecule has 0 amide bonds. The van der Waals surface area contributed by atoms with Crippen molar-refractivity contribution in [3.05, 3.63) is 89.2 Å². The maximum absolute atomic E-state index is 14.7. The number of aromatic nitrogens is 2. The summed E-state index contributed by atoms with van der Waals surface area (Å²) < 4.78 is 68.0. The number of halogens is 3. The van der Waals surface area contributed by atoms with Crippen molar-refractivity contribution in [1.82, 2.24) is 14.5 Å². The Balaban J connectivity index is 1.44. The highest BCUT2D eigenvalue weighted by Gasteiger charge is 2.41. The molecule has 1 unspecified atom stereocenters. The van der Waals surface area contributed by atoms with E-state index in [0.717, 1.165) is 24.0 Å². The highest BCUT2D eigenvalue weighted by Crippen LogP contribution is 2.41. The molecular formula is C32H32F3N3O4. The van der Waals surface area contributed by atoms with Gasteiger partial charge in [0.1, 0.15) is 5.82 Å². The van der Waals surface area contributed by atoms with Crippen LogP contribution in [0.4, 0.5) is 13.2 Å². The van der Waals surface area contributed by atoms with Crippen molar-refractivity contribution >= 4 is 0 Å². The molecule has 10 heteroatoms. The van der Waals surface area contributed by atoms with Gasteiger partial charge in [-0.3, -0.25) is 4.90 Å². The number of benzene rings is 3. The van der Waals surface area contributed by atoms with E-state index < -0.39 is 17.9 Å². The van der Waals surface area contributed by atoms with Crippen molar-refractivity contribution in [2.75, 3.05) is 13.6 Å². The lowest BCUT2D eigenvalue weighted by atomic mass is 10.1. The number of fused-ring (bicyclic) bond motifs is 2. The van der Waals surface area contributed by atoms with E-state index in [1.807, 2.05) is 73.3 Å². The van der Waals surface area contributed by atoms with Gasteiger partial charge in [0.25, 0.3) is 0 Å². The first kappa shape index (κ1) is 28.0. The lowest BCUT2D eigenvalue weighted by Crippen LogP contribution is -2.30. The molecule has 0 saturated carbocycles. The Morgan fingerprint density at radius 3 is 1.95 bits per heavy atom. The standard InChI is InChI=1S/C32H32F3N3O4/c1-3-4-14-38-29(30(32(33,34)35)36-31(38)24-8-6-5-7-9-24)21(2)37(17-22-10-12-25-27(15-22)41-19-39-25)18-23-11-13-26-28(16-23)42-20-40-26/h5-13,15-16,21H,3-4,14,17-20H2,1-2H3. The molecule has 42 heavy (non-hydrogen) atoms. The number of rotatable bonds is 10. The fourth-order valence-electron chi connectivity index (χ4n) is 5.50. The van der Waals surface area contributed by atoms with E-state index in [1.54, 1.807) is 16.7 Å². The van der Waals surface area contributed by atoms with Gasteiger partial charge in [0.05, 0.1) is 11.7 Å². The van der Waals surface area contributed by atoms with Crippen LogP contribution in [0, 0.1) is 0 Å². The molecule has 0 radical (unpaired) electrons. The summed E-state index contributed by atoms with van der Waals surface area (Å²) in [5.74, 6) is 2.87. The summed E-state index contributed by atoms with van der Waals surface area (Å²) in [6, 6.07) is 19.7. The third kappa shape index (κ3) is 5.63. The minimum Gasteiger partial charge on any atom is -0.454 e. The molecule has 1 atom stereocenters. The van der Waals surface area contributed by atoms with Crippen LogP contribution in [0.15, 0.2) is 66.7 Å². The quantitative estimate of drug-likeness (QED) is 0.193. The number of ether oxygens (including phenoxy) is 4. The molecule has 0 bridgehead atoms. The molecule has 3 aromatic carbocycles. The normalized spacial score (nSPS) is 14.5. The maximum Gasteiger partial charge on any atom is 0.435 e. The zero-order valence-electron chi connectivity index (χ0n) is 23.5. The van der Waals surface area contributed by atoms with Gasteiger partial charge in [-0.1, -0.05) is 55.8 Å². The first-order valence-electron chi connectivity index (χ1n) is 14.1. The summed E-state index contributed by atoms with van der Waals surface area (Å²) in [4.78, 5) is 6.28. The van der Waals surface area contributed by atoms with Gasteiger partial charge in [-0.15, -0.1) is 0 Å². The highest BCUT2D eigenvalue weighted by molar-refractivity contribution is 5.57. The van der Waals surface area contributed by atoms with Crippen molar-refractivity contribution in [2.45, 2.75) is 58.5 Å². The first-order valence-corrected chi connectivity index (χ1v) is 14.1. The second kappa shape index (κ2) is 11.6. The summed E-state index contributed by atoms with van der Waals surface area (Å²) in [5.41, 5.74) is 1.73. The van der Waals surface area contributed by atoms with Crippen LogP contribution in [0.5, 0.6) is 23.0 Å². The Labute approximate surface area is 242 Å². The third-order valence-corrected chi connectivity index (χ3v) is 7.63. The molecule has 0 saturated heterocycles. The van der Waals surface area contributed by atoms with Gasteiger partial charge in [0.2, 0.25) is 13.6 Å². The lowest BCUT2D eigenvalue weighted by molar-refractivity contribution is -0.142. The molecule has 3 heterocycles. The second-order valence-corrected chi connectivity index (χ2v) is 10.5. The van der Waals surface area contributed by atoms with E-state index in [4.69, 9.17) is 18.9 Å². The minimum atomic E-state index is -4.63. The van der Waals surface area contributed by atoms with E-state index >= 15 is 0 Å². The topological polar surface area (TPSA) is 58.0 Å². The van der Waals surface area contributed by atoms with Crippen LogP contribution >= 0.6 is 0 Å². The summed E-state index contributed by atoms with van der Waals surface area (Å²) in [5, 5.41) is 0. The summed E-state index contributed by atoms with van der Waals surface area (Å²) in [7, 11) is 0. The summed E-state index contributed by atoms with van der Waals surface area (Å²) in [6.45, 7) is 5.29. The van der Waals surface area contributed by atoms with E-state index in [1.165, 1.54) is 0 Å². The Bertz CT molecular complexity index is 1500. The molecule has 0 aliphatic carbocycles. The first-order chi connectivity index (χ1) is 20.3. The number of hydrogen-bond acceptors (Lipinski definition) is 6. The van der Waals surface area contributed by atoms with Crippen LogP contribution in [0.1, 0.15) is 55.2 Å². The monoisotopic (exact) mass is 579 g/mol. The average molecular weight is 580 g/mol. The number of unbranched alkanes of at least 4 members (excludes halogenated alkanes) is 1. The predicted octanol–water partition coefficient (Wildman–Crippen LogP) is 7.59.